The van der Waals surface area contributed by atoms with Gasteiger partial charge in [-0.2, -0.15) is 0 Å². The Labute approximate surface area is 488 Å². The number of carbonyl (C=O) groups excluding carboxylic acids is 3. The molecular weight excluding hydrogens is 961 g/mol. The van der Waals surface area contributed by atoms with Crippen LogP contribution in [-0.4, -0.2) is 37.2 Å². The third-order valence-electron chi connectivity index (χ3n) is 16.5. The maximum Gasteiger partial charge on any atom is 0.306 e. The molecule has 0 aromatic rings. The molecule has 0 amide bonds. The Morgan fingerprint density at radius 1 is 0.244 bits per heavy atom. The van der Waals surface area contributed by atoms with E-state index >= 15 is 0 Å². The number of esters is 3. The monoisotopic (exact) mass is 1100 g/mol. The van der Waals surface area contributed by atoms with Crippen molar-refractivity contribution in [3.63, 3.8) is 0 Å². The van der Waals surface area contributed by atoms with Crippen LogP contribution in [0.1, 0.15) is 412 Å². The van der Waals surface area contributed by atoms with Crippen LogP contribution in [0.5, 0.6) is 0 Å². The topological polar surface area (TPSA) is 78.9 Å². The van der Waals surface area contributed by atoms with E-state index in [9.17, 15) is 14.4 Å². The molecule has 6 nitrogen and oxygen atoms in total. The number of unbranched alkanes of at least 4 members (excludes halogenated alkanes) is 54. The summed E-state index contributed by atoms with van der Waals surface area (Å²) in [6.07, 6.45) is 81.0. The van der Waals surface area contributed by atoms with Crippen LogP contribution in [-0.2, 0) is 28.6 Å². The van der Waals surface area contributed by atoms with Gasteiger partial charge in [-0.05, 0) is 44.9 Å². The quantitative estimate of drug-likeness (QED) is 0.0261. The van der Waals surface area contributed by atoms with Gasteiger partial charge in [-0.1, -0.05) is 360 Å². The Hall–Kier alpha value is -1.85. The summed E-state index contributed by atoms with van der Waals surface area (Å²) in [5, 5.41) is 0. The molecule has 0 saturated carbocycles. The van der Waals surface area contributed by atoms with E-state index in [0.29, 0.717) is 19.3 Å². The predicted molar refractivity (Wildman–Crippen MR) is 340 cm³/mol. The number of rotatable bonds is 67. The summed E-state index contributed by atoms with van der Waals surface area (Å²) in [5.41, 5.74) is 0. The van der Waals surface area contributed by atoms with Crippen LogP contribution >= 0.6 is 0 Å². The second kappa shape index (κ2) is 67.7. The minimum Gasteiger partial charge on any atom is -0.462 e. The van der Waals surface area contributed by atoms with Gasteiger partial charge in [-0.3, -0.25) is 14.4 Å². The highest BCUT2D eigenvalue weighted by Crippen LogP contribution is 2.19. The van der Waals surface area contributed by atoms with Crippen molar-refractivity contribution in [2.24, 2.45) is 0 Å². The van der Waals surface area contributed by atoms with Crippen LogP contribution in [0.25, 0.3) is 0 Å². The second-order valence-corrected chi connectivity index (χ2v) is 24.5. The normalized spacial score (nSPS) is 12.0. The Morgan fingerprint density at radius 3 is 0.641 bits per heavy atom. The fraction of sp³-hybridized carbons (Fsp3) is 0.931. The molecule has 6 heteroatoms. The van der Waals surface area contributed by atoms with E-state index in [-0.39, 0.29) is 31.1 Å². The first kappa shape index (κ1) is 76.1. The standard InChI is InChI=1S/C72H138O6/c1-4-7-10-13-16-19-22-25-28-31-33-34-35-36-37-38-39-40-42-44-47-50-53-56-59-62-65-71(74)77-68-69(67-76-70(73)64-61-58-55-52-49-46-43-30-27-24-21-18-15-12-9-6-3)78-72(75)66-63-60-57-54-51-48-45-41-32-29-26-23-20-17-14-11-8-5-2/h29,32,69H,4-28,30-31,33-68H2,1-3H3/b32-29-. The van der Waals surface area contributed by atoms with Crippen LogP contribution < -0.4 is 0 Å². The van der Waals surface area contributed by atoms with E-state index < -0.39 is 6.10 Å². The number of ether oxygens (including phenoxy) is 3. The molecule has 0 aliphatic heterocycles. The van der Waals surface area contributed by atoms with Gasteiger partial charge in [-0.15, -0.1) is 0 Å². The van der Waals surface area contributed by atoms with Crippen molar-refractivity contribution < 1.29 is 28.6 Å². The van der Waals surface area contributed by atoms with Crippen molar-refractivity contribution in [3.05, 3.63) is 12.2 Å². The molecule has 462 valence electrons. The minimum atomic E-state index is -0.769. The number of hydrogen-bond acceptors (Lipinski definition) is 6. The van der Waals surface area contributed by atoms with Gasteiger partial charge < -0.3 is 14.2 Å². The van der Waals surface area contributed by atoms with Crippen LogP contribution in [0.4, 0.5) is 0 Å². The molecule has 0 aliphatic carbocycles. The highest BCUT2D eigenvalue weighted by Gasteiger charge is 2.19. The van der Waals surface area contributed by atoms with Crippen LogP contribution in [0, 0.1) is 0 Å². The lowest BCUT2D eigenvalue weighted by molar-refractivity contribution is -0.167. The zero-order valence-corrected chi connectivity index (χ0v) is 53.2. The maximum absolute atomic E-state index is 12.9. The molecule has 0 aromatic carbocycles. The average Bonchev–Trinajstić information content (AvgIpc) is 3.44. The van der Waals surface area contributed by atoms with Crippen LogP contribution in [0.3, 0.4) is 0 Å². The van der Waals surface area contributed by atoms with Gasteiger partial charge in [0.1, 0.15) is 13.2 Å². The number of carbonyl (C=O) groups is 3. The summed E-state index contributed by atoms with van der Waals surface area (Å²) >= 11 is 0. The molecule has 0 bridgehead atoms. The third kappa shape index (κ3) is 65.0. The Morgan fingerprint density at radius 2 is 0.423 bits per heavy atom. The van der Waals surface area contributed by atoms with Gasteiger partial charge in [0.2, 0.25) is 0 Å². The first-order valence-electron chi connectivity index (χ1n) is 35.7. The molecule has 0 heterocycles. The molecule has 0 saturated heterocycles. The summed E-state index contributed by atoms with van der Waals surface area (Å²) in [5.74, 6) is -0.833. The average molecular weight is 1100 g/mol. The summed E-state index contributed by atoms with van der Waals surface area (Å²) in [7, 11) is 0. The zero-order valence-electron chi connectivity index (χ0n) is 53.2. The highest BCUT2D eigenvalue weighted by atomic mass is 16.6. The largest absolute Gasteiger partial charge is 0.462 e. The molecule has 1 atom stereocenters. The maximum atomic E-state index is 12.9. The van der Waals surface area contributed by atoms with Gasteiger partial charge in [0.25, 0.3) is 0 Å². The van der Waals surface area contributed by atoms with Gasteiger partial charge in [-0.25, -0.2) is 0 Å². The predicted octanol–water partition coefficient (Wildman–Crippen LogP) is 24.4. The van der Waals surface area contributed by atoms with E-state index in [2.05, 4.69) is 32.9 Å². The fourth-order valence-corrected chi connectivity index (χ4v) is 11.2. The number of hydrogen-bond donors (Lipinski definition) is 0. The molecular formula is C72H138O6. The van der Waals surface area contributed by atoms with Crippen molar-refractivity contribution in [1.82, 2.24) is 0 Å². The first-order valence-corrected chi connectivity index (χ1v) is 35.7. The molecule has 0 aromatic heterocycles. The molecule has 78 heavy (non-hydrogen) atoms. The summed E-state index contributed by atoms with van der Waals surface area (Å²) in [6.45, 7) is 6.73. The van der Waals surface area contributed by atoms with Crippen molar-refractivity contribution in [3.8, 4) is 0 Å². The molecule has 0 fully saturated rings. The van der Waals surface area contributed by atoms with Gasteiger partial charge in [0.05, 0.1) is 0 Å². The lowest BCUT2D eigenvalue weighted by Gasteiger charge is -2.18. The molecule has 0 radical (unpaired) electrons. The highest BCUT2D eigenvalue weighted by molar-refractivity contribution is 5.71. The lowest BCUT2D eigenvalue weighted by atomic mass is 10.0. The molecule has 0 aliphatic rings. The van der Waals surface area contributed by atoms with E-state index in [1.165, 1.54) is 315 Å². The fourth-order valence-electron chi connectivity index (χ4n) is 11.2. The minimum absolute atomic E-state index is 0.0648. The summed E-state index contributed by atoms with van der Waals surface area (Å²) in [4.78, 5) is 38.4. The number of allylic oxidation sites excluding steroid dienone is 2. The van der Waals surface area contributed by atoms with Crippen LogP contribution in [0.2, 0.25) is 0 Å². The van der Waals surface area contributed by atoms with E-state index in [4.69, 9.17) is 14.2 Å². The SMILES string of the molecule is CCCCCCCCC/C=C\CCCCCCCCCC(=O)OC(COC(=O)CCCCCCCCCCCCCCCCCC)COC(=O)CCCCCCCCCCCCCCCCCCCCCCCCCCCC. The molecule has 0 N–H and O–H groups in total. The lowest BCUT2D eigenvalue weighted by Crippen LogP contribution is -2.30. The Kier molecular flexibility index (Phi) is 66.0. The van der Waals surface area contributed by atoms with Gasteiger partial charge in [0.15, 0.2) is 6.10 Å². The van der Waals surface area contributed by atoms with Gasteiger partial charge >= 0.3 is 17.9 Å². The summed E-state index contributed by atoms with van der Waals surface area (Å²) < 4.78 is 17.0. The van der Waals surface area contributed by atoms with Crippen molar-refractivity contribution >= 4 is 17.9 Å². The summed E-state index contributed by atoms with van der Waals surface area (Å²) in [6, 6.07) is 0. The van der Waals surface area contributed by atoms with E-state index in [0.717, 1.165) is 57.8 Å². The molecule has 0 spiro atoms. The smallest absolute Gasteiger partial charge is 0.306 e. The first-order chi connectivity index (χ1) is 38.5. The third-order valence-corrected chi connectivity index (χ3v) is 16.5. The molecule has 1 unspecified atom stereocenters. The van der Waals surface area contributed by atoms with Crippen molar-refractivity contribution in [1.29, 1.82) is 0 Å². The Balaban J connectivity index is 4.23. The van der Waals surface area contributed by atoms with E-state index in [1.54, 1.807) is 0 Å². The van der Waals surface area contributed by atoms with Crippen molar-refractivity contribution in [2.45, 2.75) is 419 Å². The Bertz CT molecular complexity index is 1210. The van der Waals surface area contributed by atoms with Crippen molar-refractivity contribution in [2.75, 3.05) is 13.2 Å². The van der Waals surface area contributed by atoms with Gasteiger partial charge in [0, 0.05) is 19.3 Å². The zero-order chi connectivity index (χ0) is 56.4. The molecule has 0 rings (SSSR count). The second-order valence-electron chi connectivity index (χ2n) is 24.5. The van der Waals surface area contributed by atoms with Crippen LogP contribution in [0.15, 0.2) is 12.2 Å². The van der Waals surface area contributed by atoms with E-state index in [1.807, 2.05) is 0 Å².